The van der Waals surface area contributed by atoms with Gasteiger partial charge in [0.1, 0.15) is 5.69 Å². The maximum atomic E-state index is 12.3. The Morgan fingerprint density at radius 3 is 2.42 bits per heavy atom. The number of nitrogens with one attached hydrogen (secondary N) is 3. The number of anilines is 2. The molecule has 0 saturated heterocycles. The fraction of sp³-hybridized carbons (Fsp3) is 0. The highest BCUT2D eigenvalue weighted by atomic mass is 127. The molecule has 0 aliphatic carbocycles. The minimum absolute atomic E-state index is 0.00312. The molecule has 9 nitrogen and oxygen atoms in total. The van der Waals surface area contributed by atoms with Crippen molar-refractivity contribution in [3.63, 3.8) is 0 Å². The molecule has 0 aliphatic rings. The summed E-state index contributed by atoms with van der Waals surface area (Å²) in [6.45, 7) is 0. The van der Waals surface area contributed by atoms with Crippen LogP contribution in [0.15, 0.2) is 47.5 Å². The number of sulfonamides is 1. The number of rotatable bonds is 5. The molecule has 3 N–H and O–H groups in total. The summed E-state index contributed by atoms with van der Waals surface area (Å²) in [5, 5.41) is 16.4. The molecular formula is C14H10ClIN6O3S. The average Bonchev–Trinajstić information content (AvgIpc) is 3.03. The molecule has 0 spiro atoms. The number of aromatic nitrogens is 4. The van der Waals surface area contributed by atoms with E-state index in [1.54, 1.807) is 0 Å². The van der Waals surface area contributed by atoms with Crippen molar-refractivity contribution in [1.29, 1.82) is 0 Å². The van der Waals surface area contributed by atoms with Gasteiger partial charge in [-0.3, -0.25) is 14.6 Å². The predicted octanol–water partition coefficient (Wildman–Crippen LogP) is 2.51. The highest BCUT2D eigenvalue weighted by molar-refractivity contribution is 14.1. The van der Waals surface area contributed by atoms with Crippen molar-refractivity contribution in [1.82, 2.24) is 20.4 Å². The summed E-state index contributed by atoms with van der Waals surface area (Å²) in [5.41, 5.74) is 0.760. The predicted molar refractivity (Wildman–Crippen MR) is 104 cm³/mol. The van der Waals surface area contributed by atoms with Gasteiger partial charge in [-0.2, -0.15) is 5.10 Å². The number of hydrogen-bond acceptors (Lipinski definition) is 6. The Morgan fingerprint density at radius 1 is 1.12 bits per heavy atom. The quantitative estimate of drug-likeness (QED) is 0.458. The van der Waals surface area contributed by atoms with Gasteiger partial charge in [0, 0.05) is 5.69 Å². The summed E-state index contributed by atoms with van der Waals surface area (Å²) >= 11 is 7.59. The van der Waals surface area contributed by atoms with Crippen molar-refractivity contribution >= 4 is 61.6 Å². The second kappa shape index (κ2) is 7.55. The number of amides is 1. The van der Waals surface area contributed by atoms with Gasteiger partial charge < -0.3 is 5.32 Å². The fourth-order valence-electron chi connectivity index (χ4n) is 1.91. The molecule has 0 fully saturated rings. The third kappa shape index (κ3) is 4.28. The first-order chi connectivity index (χ1) is 12.3. The lowest BCUT2D eigenvalue weighted by molar-refractivity contribution is 0.102. The Labute approximate surface area is 166 Å². The molecule has 3 rings (SSSR count). The summed E-state index contributed by atoms with van der Waals surface area (Å²) in [7, 11) is -3.85. The second-order valence-corrected chi connectivity index (χ2v) is 8.15. The third-order valence-electron chi connectivity index (χ3n) is 3.11. The lowest BCUT2D eigenvalue weighted by Gasteiger charge is -2.08. The molecular weight excluding hydrogens is 495 g/mol. The Bertz CT molecular complexity index is 1040. The van der Waals surface area contributed by atoms with E-state index in [2.05, 4.69) is 30.4 Å². The molecule has 26 heavy (non-hydrogen) atoms. The van der Waals surface area contributed by atoms with Gasteiger partial charge in [-0.1, -0.05) is 11.6 Å². The van der Waals surface area contributed by atoms with Crippen LogP contribution in [0.5, 0.6) is 0 Å². The van der Waals surface area contributed by atoms with E-state index in [1.807, 2.05) is 22.6 Å². The van der Waals surface area contributed by atoms with Crippen molar-refractivity contribution in [3.8, 4) is 0 Å². The third-order valence-corrected chi connectivity index (χ3v) is 5.50. The van der Waals surface area contributed by atoms with E-state index in [0.717, 1.165) is 0 Å². The van der Waals surface area contributed by atoms with Crippen LogP contribution in [0, 0.1) is 3.57 Å². The maximum Gasteiger partial charge on any atom is 0.274 e. The zero-order chi connectivity index (χ0) is 18.7. The Hall–Kier alpha value is -2.25. The van der Waals surface area contributed by atoms with E-state index in [1.165, 1.54) is 42.6 Å². The zero-order valence-corrected chi connectivity index (χ0v) is 16.5. The van der Waals surface area contributed by atoms with Crippen LogP contribution in [0.4, 0.5) is 11.5 Å². The minimum Gasteiger partial charge on any atom is -0.321 e. The van der Waals surface area contributed by atoms with Crippen LogP contribution >= 0.6 is 34.2 Å². The number of H-pyrrole nitrogens is 1. The number of benzene rings is 1. The lowest BCUT2D eigenvalue weighted by Crippen LogP contribution is -2.15. The van der Waals surface area contributed by atoms with Crippen molar-refractivity contribution in [3.05, 3.63) is 57.0 Å². The van der Waals surface area contributed by atoms with Crippen molar-refractivity contribution in [2.24, 2.45) is 0 Å². The Kier molecular flexibility index (Phi) is 5.38. The molecule has 0 atom stereocenters. The van der Waals surface area contributed by atoms with Crippen molar-refractivity contribution in [2.45, 2.75) is 4.90 Å². The van der Waals surface area contributed by atoms with E-state index >= 15 is 0 Å². The van der Waals surface area contributed by atoms with Gasteiger partial charge in [-0.25, -0.2) is 8.42 Å². The number of carbonyl (C=O) groups is 1. The van der Waals surface area contributed by atoms with Crippen LogP contribution in [0.2, 0.25) is 5.15 Å². The average molecular weight is 505 g/mol. The topological polar surface area (TPSA) is 130 Å². The van der Waals surface area contributed by atoms with Gasteiger partial charge in [0.2, 0.25) is 0 Å². The molecule has 0 saturated carbocycles. The molecule has 12 heteroatoms. The van der Waals surface area contributed by atoms with Crippen LogP contribution in [-0.4, -0.2) is 34.7 Å². The lowest BCUT2D eigenvalue weighted by atomic mass is 10.3. The molecule has 1 amide bonds. The molecule has 0 bridgehead atoms. The summed E-state index contributed by atoms with van der Waals surface area (Å²) < 4.78 is 27.6. The first-order valence-electron chi connectivity index (χ1n) is 6.97. The van der Waals surface area contributed by atoms with Crippen LogP contribution in [0.25, 0.3) is 0 Å². The van der Waals surface area contributed by atoms with Gasteiger partial charge in [-0.05, 0) is 59.0 Å². The SMILES string of the molecule is O=C(Nc1ccc(S(=O)(=O)Nc2ccc(Cl)nn2)cc1)c1[nH]ncc1I. The standard InChI is InChI=1S/C14H10ClIN6O3S/c15-11-5-6-12(20-19-11)22-26(24,25)9-3-1-8(2-4-9)18-14(23)13-10(16)7-17-21-13/h1-7H,(H,17,21)(H,18,23)(H,20,22). The first kappa shape index (κ1) is 18.5. The monoisotopic (exact) mass is 504 g/mol. The zero-order valence-electron chi connectivity index (χ0n) is 12.8. The van der Waals surface area contributed by atoms with Crippen LogP contribution in [0.1, 0.15) is 10.5 Å². The molecule has 2 heterocycles. The molecule has 0 aliphatic heterocycles. The highest BCUT2D eigenvalue weighted by Crippen LogP contribution is 2.18. The number of aromatic amines is 1. The van der Waals surface area contributed by atoms with Gasteiger partial charge in [0.25, 0.3) is 15.9 Å². The molecule has 1 aromatic carbocycles. The Morgan fingerprint density at radius 2 is 1.85 bits per heavy atom. The summed E-state index contributed by atoms with van der Waals surface area (Å²) in [5.74, 6) is -0.335. The summed E-state index contributed by atoms with van der Waals surface area (Å²) in [6.07, 6.45) is 1.52. The highest BCUT2D eigenvalue weighted by Gasteiger charge is 2.16. The smallest absolute Gasteiger partial charge is 0.274 e. The van der Waals surface area contributed by atoms with Crippen molar-refractivity contribution in [2.75, 3.05) is 10.0 Å². The number of carbonyl (C=O) groups excluding carboxylic acids is 1. The summed E-state index contributed by atoms with van der Waals surface area (Å²) in [4.78, 5) is 12.1. The largest absolute Gasteiger partial charge is 0.321 e. The van der Waals surface area contributed by atoms with Gasteiger partial charge in [-0.15, -0.1) is 10.2 Å². The van der Waals surface area contributed by atoms with Crippen LogP contribution in [0.3, 0.4) is 0 Å². The normalized spacial score (nSPS) is 11.2. The van der Waals surface area contributed by atoms with Crippen molar-refractivity contribution < 1.29 is 13.2 Å². The fourth-order valence-corrected chi connectivity index (χ4v) is 3.51. The van der Waals surface area contributed by atoms with Gasteiger partial charge >= 0.3 is 0 Å². The molecule has 2 aromatic heterocycles. The molecule has 0 unspecified atom stereocenters. The maximum absolute atomic E-state index is 12.3. The van der Waals surface area contributed by atoms with Gasteiger partial charge in [0.15, 0.2) is 11.0 Å². The van der Waals surface area contributed by atoms with E-state index in [0.29, 0.717) is 15.0 Å². The number of halogens is 2. The molecule has 3 aromatic rings. The van der Waals surface area contributed by atoms with E-state index in [-0.39, 0.29) is 21.8 Å². The Balaban J connectivity index is 1.73. The van der Waals surface area contributed by atoms with Gasteiger partial charge in [0.05, 0.1) is 14.7 Å². The van der Waals surface area contributed by atoms with E-state index < -0.39 is 10.0 Å². The second-order valence-electron chi connectivity index (χ2n) is 4.92. The minimum atomic E-state index is -3.85. The van der Waals surface area contributed by atoms with E-state index in [9.17, 15) is 13.2 Å². The first-order valence-corrected chi connectivity index (χ1v) is 9.91. The molecule has 134 valence electrons. The van der Waals surface area contributed by atoms with E-state index in [4.69, 9.17) is 11.6 Å². The number of hydrogen-bond donors (Lipinski definition) is 3. The summed E-state index contributed by atoms with van der Waals surface area (Å²) in [6, 6.07) is 8.49. The van der Waals surface area contributed by atoms with Crippen LogP contribution < -0.4 is 10.0 Å². The number of nitrogens with zero attached hydrogens (tertiary/aromatic N) is 3. The van der Waals surface area contributed by atoms with Crippen LogP contribution in [-0.2, 0) is 10.0 Å². The molecule has 0 radical (unpaired) electrons.